The number of nitrogens with one attached hydrogen (secondary N) is 1. The van der Waals surface area contributed by atoms with Crippen LogP contribution < -0.4 is 11.1 Å². The van der Waals surface area contributed by atoms with E-state index in [1.165, 1.54) is 0 Å². The van der Waals surface area contributed by atoms with Gasteiger partial charge in [0.25, 0.3) is 0 Å². The largest absolute Gasteiger partial charge is 0.363 e. The Hall–Kier alpha value is -0.630. The molecule has 0 fully saturated rings. The van der Waals surface area contributed by atoms with Gasteiger partial charge in [0.2, 0.25) is 0 Å². The number of hydrogen-bond acceptors (Lipinski definition) is 3. The average molecular weight is 140 g/mol. The van der Waals surface area contributed by atoms with Gasteiger partial charge in [-0.15, -0.1) is 0 Å². The smallest absolute Gasteiger partial charge is 0.0897 e. The van der Waals surface area contributed by atoms with Crippen LogP contribution in [0.1, 0.15) is 6.42 Å². The summed E-state index contributed by atoms with van der Waals surface area (Å²) in [6, 6.07) is 0. The van der Waals surface area contributed by atoms with Gasteiger partial charge in [-0.05, 0) is 29.7 Å². The molecule has 0 saturated carbocycles. The molecule has 1 aliphatic heterocycles. The van der Waals surface area contributed by atoms with Crippen molar-refractivity contribution in [3.63, 3.8) is 0 Å². The van der Waals surface area contributed by atoms with Crippen LogP contribution in [0.4, 0.5) is 0 Å². The first kappa shape index (κ1) is 6.49. The average Bonchev–Trinajstić information content (AvgIpc) is 1.88. The summed E-state index contributed by atoms with van der Waals surface area (Å²) in [6.07, 6.45) is 4.74. The standard InChI is InChI=1S/C6H8N2S/c7-6-3-1-2-5(4-9)8-6/h1-2,6,8H,3,7H2. The molecule has 1 unspecified atom stereocenters. The third-order valence-electron chi connectivity index (χ3n) is 1.13. The van der Waals surface area contributed by atoms with Crippen molar-refractivity contribution in [3.8, 4) is 0 Å². The zero-order valence-electron chi connectivity index (χ0n) is 4.92. The van der Waals surface area contributed by atoms with Gasteiger partial charge in [-0.2, -0.15) is 0 Å². The highest BCUT2D eigenvalue weighted by molar-refractivity contribution is 7.78. The van der Waals surface area contributed by atoms with E-state index in [9.17, 15) is 0 Å². The summed E-state index contributed by atoms with van der Waals surface area (Å²) >= 11 is 4.57. The zero-order valence-corrected chi connectivity index (χ0v) is 5.74. The van der Waals surface area contributed by atoms with E-state index in [2.05, 4.69) is 22.6 Å². The maximum absolute atomic E-state index is 5.53. The Morgan fingerprint density at radius 3 is 3.11 bits per heavy atom. The topological polar surface area (TPSA) is 38.0 Å². The van der Waals surface area contributed by atoms with Crippen LogP contribution in [0.25, 0.3) is 0 Å². The van der Waals surface area contributed by atoms with E-state index in [1.807, 2.05) is 12.2 Å². The summed E-state index contributed by atoms with van der Waals surface area (Å²) in [6.45, 7) is 0. The van der Waals surface area contributed by atoms with Crippen LogP contribution in [0.15, 0.2) is 17.8 Å². The van der Waals surface area contributed by atoms with Crippen molar-refractivity contribution in [2.24, 2.45) is 5.73 Å². The Morgan fingerprint density at radius 1 is 1.89 bits per heavy atom. The third kappa shape index (κ3) is 1.64. The lowest BCUT2D eigenvalue weighted by molar-refractivity contribution is 0.592. The molecule has 0 saturated heterocycles. The molecule has 1 aliphatic rings. The van der Waals surface area contributed by atoms with E-state index in [-0.39, 0.29) is 6.17 Å². The Labute approximate surface area is 59.4 Å². The normalized spacial score (nSPS) is 25.0. The summed E-state index contributed by atoms with van der Waals surface area (Å²) < 4.78 is 0. The Kier molecular flexibility index (Phi) is 2.01. The Morgan fingerprint density at radius 2 is 2.67 bits per heavy atom. The highest BCUT2D eigenvalue weighted by Crippen LogP contribution is 1.99. The minimum atomic E-state index is 0.0143. The molecular weight excluding hydrogens is 132 g/mol. The molecule has 48 valence electrons. The van der Waals surface area contributed by atoms with Gasteiger partial charge < -0.3 is 11.1 Å². The second-order valence-corrected chi connectivity index (χ2v) is 2.11. The lowest BCUT2D eigenvalue weighted by atomic mass is 10.2. The molecule has 0 radical (unpaired) electrons. The highest BCUT2D eigenvalue weighted by atomic mass is 32.1. The fourth-order valence-electron chi connectivity index (χ4n) is 0.703. The highest BCUT2D eigenvalue weighted by Gasteiger charge is 2.03. The second kappa shape index (κ2) is 2.78. The SMILES string of the molecule is NC1CC=CC(=C=S)N1. The summed E-state index contributed by atoms with van der Waals surface area (Å²) in [5, 5.41) is 5.51. The first-order chi connectivity index (χ1) is 4.33. The number of hydrogen-bond donors (Lipinski definition) is 2. The van der Waals surface area contributed by atoms with Crippen molar-refractivity contribution in [1.29, 1.82) is 0 Å². The molecule has 0 amide bonds. The lowest BCUT2D eigenvalue weighted by Crippen LogP contribution is -2.37. The van der Waals surface area contributed by atoms with Crippen molar-refractivity contribution < 1.29 is 0 Å². The van der Waals surface area contributed by atoms with Crippen LogP contribution in [0.5, 0.6) is 0 Å². The van der Waals surface area contributed by atoms with E-state index >= 15 is 0 Å². The van der Waals surface area contributed by atoms with Gasteiger partial charge >= 0.3 is 0 Å². The molecule has 9 heavy (non-hydrogen) atoms. The van der Waals surface area contributed by atoms with Crippen molar-refractivity contribution in [3.05, 3.63) is 17.8 Å². The van der Waals surface area contributed by atoms with Gasteiger partial charge in [-0.3, -0.25) is 0 Å². The quantitative estimate of drug-likeness (QED) is 0.475. The summed E-state index contributed by atoms with van der Waals surface area (Å²) in [7, 11) is 0. The lowest BCUT2D eigenvalue weighted by Gasteiger charge is -2.15. The monoisotopic (exact) mass is 140 g/mol. The van der Waals surface area contributed by atoms with Crippen molar-refractivity contribution in [2.75, 3.05) is 0 Å². The van der Waals surface area contributed by atoms with Crippen LogP contribution in [0.2, 0.25) is 0 Å². The number of nitrogens with two attached hydrogens (primary N) is 1. The van der Waals surface area contributed by atoms with Gasteiger partial charge in [-0.1, -0.05) is 6.08 Å². The maximum atomic E-state index is 5.53. The molecule has 2 nitrogen and oxygen atoms in total. The first-order valence-corrected chi connectivity index (χ1v) is 3.17. The van der Waals surface area contributed by atoms with Crippen LogP contribution >= 0.6 is 12.2 Å². The molecule has 0 spiro atoms. The predicted molar refractivity (Wildman–Crippen MR) is 41.0 cm³/mol. The van der Waals surface area contributed by atoms with Gasteiger partial charge in [0.15, 0.2) is 0 Å². The molecule has 3 heteroatoms. The molecule has 1 heterocycles. The van der Waals surface area contributed by atoms with Gasteiger partial charge in [0.05, 0.1) is 11.9 Å². The third-order valence-corrected chi connectivity index (χ3v) is 1.35. The van der Waals surface area contributed by atoms with Crippen molar-refractivity contribution in [1.82, 2.24) is 5.32 Å². The molecule has 0 aromatic heterocycles. The zero-order chi connectivity index (χ0) is 6.69. The number of allylic oxidation sites excluding steroid dienone is 1. The maximum Gasteiger partial charge on any atom is 0.0897 e. The molecule has 0 aliphatic carbocycles. The van der Waals surface area contributed by atoms with Gasteiger partial charge in [-0.25, -0.2) is 0 Å². The first-order valence-electron chi connectivity index (χ1n) is 2.76. The summed E-state index contributed by atoms with van der Waals surface area (Å²) in [5.41, 5.74) is 6.34. The van der Waals surface area contributed by atoms with E-state index in [0.29, 0.717) is 0 Å². The number of thiocarbonyl (C=S) groups is 1. The molecule has 1 rings (SSSR count). The van der Waals surface area contributed by atoms with Gasteiger partial charge in [0.1, 0.15) is 0 Å². The molecule has 1 atom stereocenters. The Bertz CT molecular complexity index is 179. The van der Waals surface area contributed by atoms with E-state index < -0.39 is 0 Å². The van der Waals surface area contributed by atoms with Gasteiger partial charge in [0, 0.05) is 0 Å². The molecular formula is C6H8N2S. The van der Waals surface area contributed by atoms with Crippen LogP contribution in [-0.2, 0) is 0 Å². The van der Waals surface area contributed by atoms with Crippen molar-refractivity contribution in [2.45, 2.75) is 12.6 Å². The second-order valence-electron chi connectivity index (χ2n) is 1.90. The minimum absolute atomic E-state index is 0.0143. The van der Waals surface area contributed by atoms with Crippen molar-refractivity contribution >= 4 is 17.2 Å². The molecule has 0 bridgehead atoms. The molecule has 0 aromatic carbocycles. The number of rotatable bonds is 0. The predicted octanol–water partition coefficient (Wildman–Crippen LogP) is 0.303. The fraction of sp³-hybridized carbons (Fsp3) is 0.333. The van der Waals surface area contributed by atoms with E-state index in [1.54, 1.807) is 0 Å². The minimum Gasteiger partial charge on any atom is -0.363 e. The van der Waals surface area contributed by atoms with Crippen LogP contribution in [-0.4, -0.2) is 11.2 Å². The summed E-state index contributed by atoms with van der Waals surface area (Å²) in [5.74, 6) is 0. The Balaban J connectivity index is 2.71. The molecule has 0 aromatic rings. The van der Waals surface area contributed by atoms with E-state index in [4.69, 9.17) is 5.73 Å². The van der Waals surface area contributed by atoms with E-state index in [0.717, 1.165) is 12.1 Å². The fourth-order valence-corrected chi connectivity index (χ4v) is 0.830. The van der Waals surface area contributed by atoms with Crippen LogP contribution in [0.3, 0.4) is 0 Å². The molecule has 3 N–H and O–H groups in total. The van der Waals surface area contributed by atoms with Crippen LogP contribution in [0, 0.1) is 0 Å². The summed E-state index contributed by atoms with van der Waals surface area (Å²) in [4.78, 5) is 0.